The van der Waals surface area contributed by atoms with Crippen molar-refractivity contribution in [2.45, 2.75) is 46.2 Å². The first kappa shape index (κ1) is 15.5. The van der Waals surface area contributed by atoms with Gasteiger partial charge >= 0.3 is 5.97 Å². The smallest absolute Gasteiger partial charge is 0.309 e. The van der Waals surface area contributed by atoms with Crippen LogP contribution >= 0.6 is 0 Å². The molecule has 2 unspecified atom stereocenters. The van der Waals surface area contributed by atoms with Gasteiger partial charge in [0.1, 0.15) is 0 Å². The van der Waals surface area contributed by atoms with E-state index in [0.29, 0.717) is 31.8 Å². The van der Waals surface area contributed by atoms with Crippen molar-refractivity contribution in [3.63, 3.8) is 0 Å². The molecule has 2 heterocycles. The summed E-state index contributed by atoms with van der Waals surface area (Å²) in [7, 11) is 0. The second-order valence-corrected chi connectivity index (χ2v) is 5.94. The van der Waals surface area contributed by atoms with Crippen LogP contribution in [0.2, 0.25) is 0 Å². The van der Waals surface area contributed by atoms with E-state index in [4.69, 9.17) is 0 Å². The molecule has 6 heteroatoms. The molecule has 1 saturated heterocycles. The third-order valence-electron chi connectivity index (χ3n) is 3.94. The Labute approximate surface area is 124 Å². The molecule has 1 aliphatic heterocycles. The molecule has 1 aliphatic rings. The molecule has 0 saturated carbocycles. The maximum Gasteiger partial charge on any atom is 0.309 e. The van der Waals surface area contributed by atoms with E-state index < -0.39 is 17.9 Å². The number of aliphatic carboxylic acids is 1. The molecule has 0 aliphatic carbocycles. The Kier molecular flexibility index (Phi) is 4.65. The second kappa shape index (κ2) is 6.28. The highest BCUT2D eigenvalue weighted by Crippen LogP contribution is 2.37. The second-order valence-electron chi connectivity index (χ2n) is 5.94. The Hall–Kier alpha value is -1.85. The SMILES string of the molecule is CCn1nccc1C1C(C(=O)O)CCC(=O)N1CC(C)C. The van der Waals surface area contributed by atoms with Crippen LogP contribution in [0.25, 0.3) is 0 Å². The van der Waals surface area contributed by atoms with Crippen LogP contribution in [0.3, 0.4) is 0 Å². The third-order valence-corrected chi connectivity index (χ3v) is 3.94. The number of aryl methyl sites for hydroxylation is 1. The number of likely N-dealkylation sites (tertiary alicyclic amines) is 1. The third kappa shape index (κ3) is 3.09. The summed E-state index contributed by atoms with van der Waals surface area (Å²) in [5, 5.41) is 13.8. The van der Waals surface area contributed by atoms with Crippen LogP contribution in [-0.4, -0.2) is 38.2 Å². The number of aromatic nitrogens is 2. The maximum atomic E-state index is 12.3. The van der Waals surface area contributed by atoms with Gasteiger partial charge in [-0.05, 0) is 25.3 Å². The number of carboxylic acid groups (broad SMARTS) is 1. The molecule has 1 amide bonds. The topological polar surface area (TPSA) is 75.4 Å². The molecule has 6 nitrogen and oxygen atoms in total. The molecule has 1 aromatic heterocycles. The lowest BCUT2D eigenvalue weighted by atomic mass is 9.86. The van der Waals surface area contributed by atoms with E-state index in [1.807, 2.05) is 26.8 Å². The largest absolute Gasteiger partial charge is 0.481 e. The number of hydrogen-bond acceptors (Lipinski definition) is 3. The number of piperidine rings is 1. The molecular weight excluding hydrogens is 270 g/mol. The molecule has 2 rings (SSSR count). The van der Waals surface area contributed by atoms with Crippen LogP contribution < -0.4 is 0 Å². The molecule has 1 aromatic rings. The van der Waals surface area contributed by atoms with E-state index in [9.17, 15) is 14.7 Å². The summed E-state index contributed by atoms with van der Waals surface area (Å²) < 4.78 is 1.78. The first-order valence-electron chi connectivity index (χ1n) is 7.49. The number of rotatable bonds is 5. The highest BCUT2D eigenvalue weighted by molar-refractivity contribution is 5.81. The van der Waals surface area contributed by atoms with Crippen molar-refractivity contribution < 1.29 is 14.7 Å². The van der Waals surface area contributed by atoms with Gasteiger partial charge in [-0.2, -0.15) is 5.10 Å². The van der Waals surface area contributed by atoms with E-state index in [-0.39, 0.29) is 5.91 Å². The van der Waals surface area contributed by atoms with Crippen molar-refractivity contribution in [1.29, 1.82) is 0 Å². The number of hydrogen-bond donors (Lipinski definition) is 1. The Morgan fingerprint density at radius 2 is 2.24 bits per heavy atom. The quantitative estimate of drug-likeness (QED) is 0.900. The predicted molar refractivity (Wildman–Crippen MR) is 77.6 cm³/mol. The summed E-state index contributed by atoms with van der Waals surface area (Å²) in [5.74, 6) is -1.08. The van der Waals surface area contributed by atoms with Gasteiger partial charge in [-0.25, -0.2) is 0 Å². The summed E-state index contributed by atoms with van der Waals surface area (Å²) in [5.41, 5.74) is 0.818. The summed E-state index contributed by atoms with van der Waals surface area (Å²) in [6, 6.07) is 1.41. The van der Waals surface area contributed by atoms with Crippen molar-refractivity contribution in [3.8, 4) is 0 Å². The molecular formula is C15H23N3O3. The van der Waals surface area contributed by atoms with Crippen molar-refractivity contribution >= 4 is 11.9 Å². The van der Waals surface area contributed by atoms with Crippen LogP contribution in [0.15, 0.2) is 12.3 Å². The van der Waals surface area contributed by atoms with E-state index in [2.05, 4.69) is 5.10 Å². The van der Waals surface area contributed by atoms with Crippen LogP contribution in [0.4, 0.5) is 0 Å². The van der Waals surface area contributed by atoms with Gasteiger partial charge < -0.3 is 10.0 Å². The van der Waals surface area contributed by atoms with Crippen molar-refractivity contribution in [1.82, 2.24) is 14.7 Å². The molecule has 1 fully saturated rings. The normalized spacial score (nSPS) is 22.9. The van der Waals surface area contributed by atoms with Crippen molar-refractivity contribution in [3.05, 3.63) is 18.0 Å². The number of nitrogens with zero attached hydrogens (tertiary/aromatic N) is 3. The fourth-order valence-corrected chi connectivity index (χ4v) is 3.04. The highest BCUT2D eigenvalue weighted by atomic mass is 16.4. The van der Waals surface area contributed by atoms with Crippen LogP contribution in [0, 0.1) is 11.8 Å². The number of amides is 1. The molecule has 0 aromatic carbocycles. The van der Waals surface area contributed by atoms with Gasteiger partial charge in [0, 0.05) is 25.7 Å². The summed E-state index contributed by atoms with van der Waals surface area (Å²) in [4.78, 5) is 25.7. The molecule has 21 heavy (non-hydrogen) atoms. The standard InChI is InChI=1S/C15H23N3O3/c1-4-18-12(7-8-16-18)14-11(15(20)21)5-6-13(19)17(14)9-10(2)3/h7-8,10-11,14H,4-6,9H2,1-3H3,(H,20,21). The summed E-state index contributed by atoms with van der Waals surface area (Å²) in [6.45, 7) is 7.26. The van der Waals surface area contributed by atoms with Crippen LogP contribution in [0.1, 0.15) is 45.3 Å². The van der Waals surface area contributed by atoms with E-state index in [1.165, 1.54) is 0 Å². The van der Waals surface area contributed by atoms with Gasteiger partial charge in [0.25, 0.3) is 0 Å². The zero-order chi connectivity index (χ0) is 15.6. The highest BCUT2D eigenvalue weighted by Gasteiger charge is 2.42. The van der Waals surface area contributed by atoms with Crippen LogP contribution in [0.5, 0.6) is 0 Å². The Balaban J connectivity index is 2.43. The van der Waals surface area contributed by atoms with Crippen molar-refractivity contribution in [2.24, 2.45) is 11.8 Å². The van der Waals surface area contributed by atoms with Crippen LogP contribution in [-0.2, 0) is 16.1 Å². The lowest BCUT2D eigenvalue weighted by molar-refractivity contribution is -0.152. The monoisotopic (exact) mass is 293 g/mol. The van der Waals surface area contributed by atoms with Gasteiger partial charge in [0.2, 0.25) is 5.91 Å². The lowest BCUT2D eigenvalue weighted by Gasteiger charge is -2.40. The van der Waals surface area contributed by atoms with Gasteiger partial charge in [-0.1, -0.05) is 13.8 Å². The maximum absolute atomic E-state index is 12.3. The average molecular weight is 293 g/mol. The minimum Gasteiger partial charge on any atom is -0.481 e. The zero-order valence-corrected chi connectivity index (χ0v) is 12.8. The summed E-state index contributed by atoms with van der Waals surface area (Å²) in [6.07, 6.45) is 2.37. The number of carbonyl (C=O) groups is 2. The Morgan fingerprint density at radius 1 is 1.52 bits per heavy atom. The minimum absolute atomic E-state index is 0.0371. The molecule has 0 spiro atoms. The minimum atomic E-state index is -0.842. The Morgan fingerprint density at radius 3 is 2.81 bits per heavy atom. The van der Waals surface area contributed by atoms with E-state index >= 15 is 0 Å². The van der Waals surface area contributed by atoms with E-state index in [0.717, 1.165) is 5.69 Å². The molecule has 2 atom stereocenters. The van der Waals surface area contributed by atoms with Gasteiger partial charge in [-0.15, -0.1) is 0 Å². The summed E-state index contributed by atoms with van der Waals surface area (Å²) >= 11 is 0. The van der Waals surface area contributed by atoms with Gasteiger partial charge in [0.15, 0.2) is 0 Å². The number of carbonyl (C=O) groups excluding carboxylic acids is 1. The van der Waals surface area contributed by atoms with Crippen molar-refractivity contribution in [2.75, 3.05) is 6.54 Å². The zero-order valence-electron chi connectivity index (χ0n) is 12.8. The molecule has 0 radical (unpaired) electrons. The molecule has 116 valence electrons. The van der Waals surface area contributed by atoms with Gasteiger partial charge in [-0.3, -0.25) is 14.3 Å². The molecule has 1 N–H and O–H groups in total. The molecule has 0 bridgehead atoms. The lowest BCUT2D eigenvalue weighted by Crippen LogP contribution is -2.47. The number of carboxylic acids is 1. The first-order chi connectivity index (χ1) is 9.95. The van der Waals surface area contributed by atoms with Gasteiger partial charge in [0.05, 0.1) is 17.7 Å². The Bertz CT molecular complexity index is 524. The fraction of sp³-hybridized carbons (Fsp3) is 0.667. The first-order valence-corrected chi connectivity index (χ1v) is 7.49. The predicted octanol–water partition coefficient (Wildman–Crippen LogP) is 1.92. The average Bonchev–Trinajstić information content (AvgIpc) is 2.88. The van der Waals surface area contributed by atoms with E-state index in [1.54, 1.807) is 15.8 Å². The fourth-order valence-electron chi connectivity index (χ4n) is 3.04.